The summed E-state index contributed by atoms with van der Waals surface area (Å²) in [6.45, 7) is 1.21. The van der Waals surface area contributed by atoms with Gasteiger partial charge in [-0.05, 0) is 12.8 Å². The summed E-state index contributed by atoms with van der Waals surface area (Å²) >= 11 is 3.32. The van der Waals surface area contributed by atoms with Gasteiger partial charge in [0.1, 0.15) is 6.10 Å². The van der Waals surface area contributed by atoms with Crippen molar-refractivity contribution in [1.29, 1.82) is 0 Å². The maximum atomic E-state index is 11.6. The van der Waals surface area contributed by atoms with E-state index in [9.17, 15) is 4.79 Å². The van der Waals surface area contributed by atoms with Crippen LogP contribution in [0.5, 0.6) is 0 Å². The third kappa shape index (κ3) is 3.55. The monoisotopic (exact) mass is 265 g/mol. The Labute approximate surface area is 92.5 Å². The van der Waals surface area contributed by atoms with E-state index < -0.39 is 0 Å². The molecule has 0 aromatic carbocycles. The molecule has 0 saturated carbocycles. The highest BCUT2D eigenvalue weighted by Crippen LogP contribution is 2.12. The molecule has 0 aromatic rings. The highest BCUT2D eigenvalue weighted by atomic mass is 79.9. The lowest BCUT2D eigenvalue weighted by Gasteiger charge is -2.17. The predicted molar refractivity (Wildman–Crippen MR) is 56.6 cm³/mol. The normalized spacial score (nSPS) is 23.4. The molecular formula is C9H16BrNO3. The van der Waals surface area contributed by atoms with Gasteiger partial charge in [0.05, 0.1) is 12.6 Å². The minimum atomic E-state index is -0.256. The molecule has 0 aromatic heterocycles. The molecule has 0 radical (unpaired) electrons. The first-order valence-electron chi connectivity index (χ1n) is 4.74. The summed E-state index contributed by atoms with van der Waals surface area (Å²) in [5, 5.41) is 3.57. The van der Waals surface area contributed by atoms with Gasteiger partial charge in [-0.25, -0.2) is 0 Å². The zero-order chi connectivity index (χ0) is 10.4. The summed E-state index contributed by atoms with van der Waals surface area (Å²) in [4.78, 5) is 11.6. The topological polar surface area (TPSA) is 47.6 Å². The first-order valence-corrected chi connectivity index (χ1v) is 5.87. The van der Waals surface area contributed by atoms with Crippen LogP contribution in [0.4, 0.5) is 0 Å². The Morgan fingerprint density at radius 3 is 3.07 bits per heavy atom. The summed E-state index contributed by atoms with van der Waals surface area (Å²) in [6.07, 6.45) is 1.54. The van der Waals surface area contributed by atoms with Crippen molar-refractivity contribution >= 4 is 21.8 Å². The first-order chi connectivity index (χ1) is 6.77. The minimum Gasteiger partial charge on any atom is -0.383 e. The van der Waals surface area contributed by atoms with E-state index in [0.717, 1.165) is 12.8 Å². The maximum Gasteiger partial charge on any atom is 0.249 e. The van der Waals surface area contributed by atoms with Crippen LogP contribution < -0.4 is 5.32 Å². The summed E-state index contributed by atoms with van der Waals surface area (Å²) < 4.78 is 10.2. The van der Waals surface area contributed by atoms with Crippen LogP contribution in [0.3, 0.4) is 0 Å². The number of hydrogen-bond acceptors (Lipinski definition) is 3. The SMILES string of the molecule is COCC(CBr)NC(=O)C1CCCO1. The van der Waals surface area contributed by atoms with Crippen molar-refractivity contribution in [2.75, 3.05) is 25.7 Å². The first kappa shape index (κ1) is 11.9. The lowest BCUT2D eigenvalue weighted by molar-refractivity contribution is -0.131. The number of ether oxygens (including phenoxy) is 2. The number of methoxy groups -OCH3 is 1. The smallest absolute Gasteiger partial charge is 0.249 e. The Morgan fingerprint density at radius 2 is 2.57 bits per heavy atom. The molecule has 1 aliphatic rings. The van der Waals surface area contributed by atoms with E-state index in [2.05, 4.69) is 21.2 Å². The average Bonchev–Trinajstić information content (AvgIpc) is 2.69. The number of halogens is 1. The van der Waals surface area contributed by atoms with Crippen LogP contribution in [-0.4, -0.2) is 43.7 Å². The van der Waals surface area contributed by atoms with E-state index in [-0.39, 0.29) is 18.1 Å². The van der Waals surface area contributed by atoms with Gasteiger partial charge in [-0.2, -0.15) is 0 Å². The van der Waals surface area contributed by atoms with Crippen molar-refractivity contribution in [1.82, 2.24) is 5.32 Å². The van der Waals surface area contributed by atoms with Crippen molar-refractivity contribution in [2.24, 2.45) is 0 Å². The Morgan fingerprint density at radius 1 is 1.79 bits per heavy atom. The fourth-order valence-electron chi connectivity index (χ4n) is 1.40. The molecule has 1 amide bonds. The Bertz CT molecular complexity index is 183. The van der Waals surface area contributed by atoms with E-state index in [0.29, 0.717) is 18.5 Å². The molecular weight excluding hydrogens is 250 g/mol. The highest BCUT2D eigenvalue weighted by molar-refractivity contribution is 9.09. The van der Waals surface area contributed by atoms with Crippen molar-refractivity contribution in [3.8, 4) is 0 Å². The molecule has 4 nitrogen and oxygen atoms in total. The summed E-state index contributed by atoms with van der Waals surface area (Å²) in [6, 6.07) is 0.0247. The summed E-state index contributed by atoms with van der Waals surface area (Å²) in [5.74, 6) is -0.0241. The third-order valence-corrected chi connectivity index (χ3v) is 2.90. The average molecular weight is 266 g/mol. The molecule has 1 N–H and O–H groups in total. The molecule has 0 aliphatic carbocycles. The van der Waals surface area contributed by atoms with Gasteiger partial charge in [-0.1, -0.05) is 15.9 Å². The van der Waals surface area contributed by atoms with Gasteiger partial charge < -0.3 is 14.8 Å². The number of carbonyl (C=O) groups excluding carboxylic acids is 1. The fourth-order valence-corrected chi connectivity index (χ4v) is 1.75. The standard InChI is InChI=1S/C9H16BrNO3/c1-13-6-7(5-10)11-9(12)8-3-2-4-14-8/h7-8H,2-6H2,1H3,(H,11,12). The lowest BCUT2D eigenvalue weighted by Crippen LogP contribution is -2.44. The molecule has 1 rings (SSSR count). The molecule has 0 spiro atoms. The van der Waals surface area contributed by atoms with Crippen LogP contribution in [0.15, 0.2) is 0 Å². The van der Waals surface area contributed by atoms with Crippen LogP contribution in [0, 0.1) is 0 Å². The van der Waals surface area contributed by atoms with Gasteiger partial charge in [0.25, 0.3) is 0 Å². The predicted octanol–water partition coefficient (Wildman–Crippen LogP) is 0.691. The molecule has 1 saturated heterocycles. The molecule has 2 atom stereocenters. The van der Waals surface area contributed by atoms with Gasteiger partial charge in [0.2, 0.25) is 5.91 Å². The summed E-state index contributed by atoms with van der Waals surface area (Å²) in [5.41, 5.74) is 0. The van der Waals surface area contributed by atoms with E-state index in [1.807, 2.05) is 0 Å². The van der Waals surface area contributed by atoms with Gasteiger partial charge >= 0.3 is 0 Å². The highest BCUT2D eigenvalue weighted by Gasteiger charge is 2.25. The number of amides is 1. The van der Waals surface area contributed by atoms with Crippen LogP contribution in [0.25, 0.3) is 0 Å². The second-order valence-electron chi connectivity index (χ2n) is 3.32. The Kier molecular flexibility index (Phi) is 5.44. The van der Waals surface area contributed by atoms with Crippen molar-refractivity contribution < 1.29 is 14.3 Å². The van der Waals surface area contributed by atoms with Crippen LogP contribution in [-0.2, 0) is 14.3 Å². The maximum absolute atomic E-state index is 11.6. The number of nitrogens with one attached hydrogen (secondary N) is 1. The van der Waals surface area contributed by atoms with Crippen molar-refractivity contribution in [3.63, 3.8) is 0 Å². The number of alkyl halides is 1. The molecule has 1 aliphatic heterocycles. The zero-order valence-electron chi connectivity index (χ0n) is 8.29. The molecule has 2 unspecified atom stereocenters. The minimum absolute atomic E-state index is 0.0241. The van der Waals surface area contributed by atoms with E-state index in [1.165, 1.54) is 0 Å². The van der Waals surface area contributed by atoms with Crippen LogP contribution in [0.1, 0.15) is 12.8 Å². The molecule has 0 bridgehead atoms. The van der Waals surface area contributed by atoms with Gasteiger partial charge in [0.15, 0.2) is 0 Å². The van der Waals surface area contributed by atoms with Crippen molar-refractivity contribution in [3.05, 3.63) is 0 Å². The number of rotatable bonds is 5. The largest absolute Gasteiger partial charge is 0.383 e. The van der Waals surface area contributed by atoms with Crippen LogP contribution in [0.2, 0.25) is 0 Å². The van der Waals surface area contributed by atoms with E-state index >= 15 is 0 Å². The second kappa shape index (κ2) is 6.37. The summed E-state index contributed by atoms with van der Waals surface area (Å²) in [7, 11) is 1.62. The molecule has 5 heteroatoms. The molecule has 82 valence electrons. The molecule has 1 heterocycles. The molecule has 14 heavy (non-hydrogen) atoms. The second-order valence-corrected chi connectivity index (χ2v) is 3.96. The lowest BCUT2D eigenvalue weighted by atomic mass is 10.2. The van der Waals surface area contributed by atoms with Gasteiger partial charge in [-0.3, -0.25) is 4.79 Å². The molecule has 1 fully saturated rings. The van der Waals surface area contributed by atoms with E-state index in [1.54, 1.807) is 7.11 Å². The van der Waals surface area contributed by atoms with Crippen molar-refractivity contribution in [2.45, 2.75) is 25.0 Å². The zero-order valence-corrected chi connectivity index (χ0v) is 9.88. The van der Waals surface area contributed by atoms with E-state index in [4.69, 9.17) is 9.47 Å². The quantitative estimate of drug-likeness (QED) is 0.745. The van der Waals surface area contributed by atoms with Crippen LogP contribution >= 0.6 is 15.9 Å². The van der Waals surface area contributed by atoms with Gasteiger partial charge in [-0.15, -0.1) is 0 Å². The number of carbonyl (C=O) groups is 1. The third-order valence-electron chi connectivity index (χ3n) is 2.12. The van der Waals surface area contributed by atoms with Gasteiger partial charge in [0, 0.05) is 19.0 Å². The Hall–Kier alpha value is -0.130. The number of hydrogen-bond donors (Lipinski definition) is 1. The Balaban J connectivity index is 2.29. The fraction of sp³-hybridized carbons (Fsp3) is 0.889.